The van der Waals surface area contributed by atoms with Gasteiger partial charge in [-0.05, 0) is 25.8 Å². The quantitative estimate of drug-likeness (QED) is 0.558. The second-order valence-corrected chi connectivity index (χ2v) is 3.23. The van der Waals surface area contributed by atoms with Gasteiger partial charge in [-0.2, -0.15) is 0 Å². The van der Waals surface area contributed by atoms with Gasteiger partial charge in [0.2, 0.25) is 0 Å². The molecule has 0 unspecified atom stereocenters. The van der Waals surface area contributed by atoms with Gasteiger partial charge in [0.15, 0.2) is 0 Å². The Bertz CT molecular complexity index is 102. The highest BCUT2D eigenvalue weighted by Crippen LogP contribution is 2.16. The first-order valence-corrected chi connectivity index (χ1v) is 4.31. The average Bonchev–Trinajstić information content (AvgIpc) is 1.94. The van der Waals surface area contributed by atoms with Gasteiger partial charge in [0.1, 0.15) is 0 Å². The first-order chi connectivity index (χ1) is 5.33. The highest BCUT2D eigenvalue weighted by molar-refractivity contribution is 4.87. The summed E-state index contributed by atoms with van der Waals surface area (Å²) in [6.07, 6.45) is 3.39. The normalized spacial score (nSPS) is 30.0. The van der Waals surface area contributed by atoms with Gasteiger partial charge in [-0.3, -0.25) is 0 Å². The van der Waals surface area contributed by atoms with Crippen molar-refractivity contribution < 1.29 is 4.74 Å². The standard InChI is InChI=1S/C8H18N2O/c1-11-4-2-3-10-8-5-7(9)6-8/h7-8,10H,2-6,9H2,1H3. The molecule has 66 valence electrons. The molecule has 3 nitrogen and oxygen atoms in total. The zero-order valence-corrected chi connectivity index (χ0v) is 7.18. The van der Waals surface area contributed by atoms with E-state index in [-0.39, 0.29) is 0 Å². The summed E-state index contributed by atoms with van der Waals surface area (Å²) in [5, 5.41) is 3.42. The third kappa shape index (κ3) is 3.18. The minimum atomic E-state index is 0.454. The van der Waals surface area contributed by atoms with E-state index in [9.17, 15) is 0 Å². The van der Waals surface area contributed by atoms with Crippen LogP contribution in [0.1, 0.15) is 19.3 Å². The van der Waals surface area contributed by atoms with E-state index in [1.165, 1.54) is 0 Å². The molecular formula is C8H18N2O. The Morgan fingerprint density at radius 1 is 1.55 bits per heavy atom. The lowest BCUT2D eigenvalue weighted by Gasteiger charge is -2.33. The van der Waals surface area contributed by atoms with Crippen LogP contribution >= 0.6 is 0 Å². The van der Waals surface area contributed by atoms with Crippen LogP contribution in [0.4, 0.5) is 0 Å². The predicted octanol–water partition coefficient (Wildman–Crippen LogP) is 0.102. The summed E-state index contributed by atoms with van der Waals surface area (Å²) in [5.41, 5.74) is 5.63. The Labute approximate surface area is 68.3 Å². The number of methoxy groups -OCH3 is 1. The minimum Gasteiger partial charge on any atom is -0.385 e. The van der Waals surface area contributed by atoms with Gasteiger partial charge in [-0.25, -0.2) is 0 Å². The maximum absolute atomic E-state index is 5.63. The molecule has 11 heavy (non-hydrogen) atoms. The molecule has 3 heteroatoms. The van der Waals surface area contributed by atoms with Crippen molar-refractivity contribution in [1.29, 1.82) is 0 Å². The molecule has 1 saturated carbocycles. The predicted molar refractivity (Wildman–Crippen MR) is 45.5 cm³/mol. The van der Waals surface area contributed by atoms with Crippen molar-refractivity contribution in [2.75, 3.05) is 20.3 Å². The number of ether oxygens (including phenoxy) is 1. The Kier molecular flexibility index (Phi) is 3.83. The molecule has 0 amide bonds. The molecule has 3 N–H and O–H groups in total. The third-order valence-electron chi connectivity index (χ3n) is 2.13. The van der Waals surface area contributed by atoms with Crippen LogP contribution in [0, 0.1) is 0 Å². The molecule has 0 aromatic carbocycles. The van der Waals surface area contributed by atoms with E-state index in [0.717, 1.165) is 32.4 Å². The summed E-state index contributed by atoms with van der Waals surface area (Å²) < 4.78 is 4.93. The molecule has 1 aliphatic rings. The topological polar surface area (TPSA) is 47.3 Å². The number of hydrogen-bond donors (Lipinski definition) is 2. The summed E-state index contributed by atoms with van der Waals surface area (Å²) in [4.78, 5) is 0. The molecular weight excluding hydrogens is 140 g/mol. The summed E-state index contributed by atoms with van der Waals surface area (Å²) >= 11 is 0. The lowest BCUT2D eigenvalue weighted by atomic mass is 9.88. The number of hydrogen-bond acceptors (Lipinski definition) is 3. The fourth-order valence-electron chi connectivity index (χ4n) is 1.35. The highest BCUT2D eigenvalue weighted by Gasteiger charge is 2.24. The third-order valence-corrected chi connectivity index (χ3v) is 2.13. The van der Waals surface area contributed by atoms with Gasteiger partial charge in [0, 0.05) is 25.8 Å². The van der Waals surface area contributed by atoms with E-state index >= 15 is 0 Å². The monoisotopic (exact) mass is 158 g/mol. The van der Waals surface area contributed by atoms with Gasteiger partial charge < -0.3 is 15.8 Å². The molecule has 0 atom stereocenters. The Balaban J connectivity index is 1.81. The molecule has 1 rings (SSSR count). The summed E-state index contributed by atoms with van der Waals surface area (Å²) in [7, 11) is 1.74. The van der Waals surface area contributed by atoms with Crippen LogP contribution in [0.3, 0.4) is 0 Å². The van der Waals surface area contributed by atoms with Crippen molar-refractivity contribution in [3.05, 3.63) is 0 Å². The van der Waals surface area contributed by atoms with Crippen molar-refractivity contribution in [3.63, 3.8) is 0 Å². The molecule has 0 spiro atoms. The van der Waals surface area contributed by atoms with E-state index in [2.05, 4.69) is 5.32 Å². The molecule has 0 bridgehead atoms. The van der Waals surface area contributed by atoms with Gasteiger partial charge in [0.05, 0.1) is 0 Å². The average molecular weight is 158 g/mol. The van der Waals surface area contributed by atoms with E-state index in [4.69, 9.17) is 10.5 Å². The van der Waals surface area contributed by atoms with Crippen LogP contribution in [-0.4, -0.2) is 32.3 Å². The SMILES string of the molecule is COCCCNC1CC(N)C1. The summed E-state index contributed by atoms with van der Waals surface area (Å²) in [6.45, 7) is 1.91. The van der Waals surface area contributed by atoms with Crippen molar-refractivity contribution in [1.82, 2.24) is 5.32 Å². The van der Waals surface area contributed by atoms with Crippen LogP contribution in [0.5, 0.6) is 0 Å². The summed E-state index contributed by atoms with van der Waals surface area (Å²) in [6, 6.07) is 1.14. The van der Waals surface area contributed by atoms with Gasteiger partial charge in [-0.1, -0.05) is 0 Å². The Morgan fingerprint density at radius 3 is 2.82 bits per heavy atom. The number of rotatable bonds is 5. The van der Waals surface area contributed by atoms with Crippen LogP contribution in [0.25, 0.3) is 0 Å². The lowest BCUT2D eigenvalue weighted by molar-refractivity contribution is 0.189. The zero-order valence-electron chi connectivity index (χ0n) is 7.18. The number of nitrogens with two attached hydrogens (primary N) is 1. The second kappa shape index (κ2) is 4.70. The van der Waals surface area contributed by atoms with Crippen LogP contribution < -0.4 is 11.1 Å². The van der Waals surface area contributed by atoms with E-state index in [0.29, 0.717) is 12.1 Å². The molecule has 0 aromatic heterocycles. The highest BCUT2D eigenvalue weighted by atomic mass is 16.5. The van der Waals surface area contributed by atoms with E-state index < -0.39 is 0 Å². The molecule has 1 aliphatic carbocycles. The number of nitrogens with one attached hydrogen (secondary N) is 1. The van der Waals surface area contributed by atoms with Gasteiger partial charge in [-0.15, -0.1) is 0 Å². The van der Waals surface area contributed by atoms with Gasteiger partial charge >= 0.3 is 0 Å². The molecule has 1 fully saturated rings. The Morgan fingerprint density at radius 2 is 2.27 bits per heavy atom. The first kappa shape index (κ1) is 8.97. The van der Waals surface area contributed by atoms with Crippen molar-refractivity contribution in [2.45, 2.75) is 31.3 Å². The largest absolute Gasteiger partial charge is 0.385 e. The molecule has 0 saturated heterocycles. The van der Waals surface area contributed by atoms with Crippen LogP contribution in [0.15, 0.2) is 0 Å². The lowest BCUT2D eigenvalue weighted by Crippen LogP contribution is -2.48. The first-order valence-electron chi connectivity index (χ1n) is 4.31. The zero-order chi connectivity index (χ0) is 8.10. The van der Waals surface area contributed by atoms with Crippen molar-refractivity contribution in [2.24, 2.45) is 5.73 Å². The van der Waals surface area contributed by atoms with E-state index in [1.807, 2.05) is 0 Å². The second-order valence-electron chi connectivity index (χ2n) is 3.23. The maximum atomic E-state index is 5.63. The Hall–Kier alpha value is -0.120. The van der Waals surface area contributed by atoms with Crippen molar-refractivity contribution >= 4 is 0 Å². The minimum absolute atomic E-state index is 0.454. The molecule has 0 aliphatic heterocycles. The fourth-order valence-corrected chi connectivity index (χ4v) is 1.35. The van der Waals surface area contributed by atoms with Crippen LogP contribution in [-0.2, 0) is 4.74 Å². The molecule has 0 aromatic rings. The fraction of sp³-hybridized carbons (Fsp3) is 1.00. The van der Waals surface area contributed by atoms with Crippen molar-refractivity contribution in [3.8, 4) is 0 Å². The van der Waals surface area contributed by atoms with Crippen LogP contribution in [0.2, 0.25) is 0 Å². The summed E-state index contributed by atoms with van der Waals surface area (Å²) in [5.74, 6) is 0. The van der Waals surface area contributed by atoms with E-state index in [1.54, 1.807) is 7.11 Å². The maximum Gasteiger partial charge on any atom is 0.0474 e. The molecule has 0 heterocycles. The smallest absolute Gasteiger partial charge is 0.0474 e. The molecule has 0 radical (unpaired) electrons. The van der Waals surface area contributed by atoms with Gasteiger partial charge in [0.25, 0.3) is 0 Å².